The van der Waals surface area contributed by atoms with Gasteiger partial charge in [0, 0.05) is 5.02 Å². The average Bonchev–Trinajstić information content (AvgIpc) is 2.38. The van der Waals surface area contributed by atoms with Crippen LogP contribution in [0.25, 0.3) is 0 Å². The molecule has 0 spiro atoms. The van der Waals surface area contributed by atoms with Gasteiger partial charge in [-0.1, -0.05) is 11.6 Å². The van der Waals surface area contributed by atoms with E-state index in [1.807, 2.05) is 6.07 Å². The number of halogens is 4. The minimum Gasteiger partial charge on any atom is -0.453 e. The van der Waals surface area contributed by atoms with Crippen molar-refractivity contribution in [2.75, 3.05) is 0 Å². The normalized spacial score (nSPS) is 10.1. The molecule has 0 radical (unpaired) electrons. The molecular weight excluding hydrogens is 400 g/mol. The predicted molar refractivity (Wildman–Crippen MR) is 78.0 cm³/mol. The van der Waals surface area contributed by atoms with E-state index in [1.54, 1.807) is 18.2 Å². The number of nitrogens with zero attached hydrogens (tertiary/aromatic N) is 1. The highest BCUT2D eigenvalue weighted by atomic mass is 79.9. The summed E-state index contributed by atoms with van der Waals surface area (Å²) in [5, 5.41) is 9.33. The average molecular weight is 405 g/mol. The lowest BCUT2D eigenvalue weighted by atomic mass is 10.2. The van der Waals surface area contributed by atoms with E-state index >= 15 is 0 Å². The SMILES string of the molecule is N#Cc1ccc(Oc2ccc(Cl)cc2Br)c(F)c1Br. The fourth-order valence-corrected chi connectivity index (χ4v) is 2.55. The van der Waals surface area contributed by atoms with E-state index in [1.165, 1.54) is 12.1 Å². The van der Waals surface area contributed by atoms with Gasteiger partial charge in [0.25, 0.3) is 0 Å². The molecule has 2 aromatic rings. The van der Waals surface area contributed by atoms with Gasteiger partial charge in [-0.05, 0) is 62.2 Å². The number of hydrogen-bond acceptors (Lipinski definition) is 2. The van der Waals surface area contributed by atoms with Crippen LogP contribution in [0.15, 0.2) is 39.3 Å². The Labute approximate surface area is 131 Å². The van der Waals surface area contributed by atoms with Gasteiger partial charge in [-0.15, -0.1) is 0 Å². The maximum atomic E-state index is 14.0. The van der Waals surface area contributed by atoms with Crippen LogP contribution in [-0.2, 0) is 0 Å². The van der Waals surface area contributed by atoms with Gasteiger partial charge >= 0.3 is 0 Å². The molecule has 0 aromatic heterocycles. The van der Waals surface area contributed by atoms with Gasteiger partial charge in [0.1, 0.15) is 11.8 Å². The van der Waals surface area contributed by atoms with Gasteiger partial charge in [0.15, 0.2) is 11.6 Å². The van der Waals surface area contributed by atoms with Crippen LogP contribution in [0.1, 0.15) is 5.56 Å². The summed E-state index contributed by atoms with van der Waals surface area (Å²) in [5.74, 6) is -0.172. The van der Waals surface area contributed by atoms with E-state index in [2.05, 4.69) is 31.9 Å². The first-order valence-electron chi connectivity index (χ1n) is 5.04. The number of benzene rings is 2. The number of rotatable bonds is 2. The summed E-state index contributed by atoms with van der Waals surface area (Å²) in [4.78, 5) is 0. The van der Waals surface area contributed by atoms with Gasteiger partial charge in [-0.2, -0.15) is 5.26 Å². The molecule has 0 saturated heterocycles. The summed E-state index contributed by atoms with van der Waals surface area (Å²) in [5.41, 5.74) is 0.208. The highest BCUT2D eigenvalue weighted by Gasteiger charge is 2.14. The van der Waals surface area contributed by atoms with Crippen LogP contribution in [-0.4, -0.2) is 0 Å². The van der Waals surface area contributed by atoms with Crippen molar-refractivity contribution in [1.29, 1.82) is 5.26 Å². The van der Waals surface area contributed by atoms with Crippen molar-refractivity contribution in [1.82, 2.24) is 0 Å². The zero-order valence-corrected chi connectivity index (χ0v) is 13.2. The first-order valence-corrected chi connectivity index (χ1v) is 7.00. The molecule has 0 aliphatic carbocycles. The molecule has 0 fully saturated rings. The van der Waals surface area contributed by atoms with Crippen LogP contribution in [0.2, 0.25) is 5.02 Å². The van der Waals surface area contributed by atoms with Crippen LogP contribution >= 0.6 is 43.5 Å². The van der Waals surface area contributed by atoms with Gasteiger partial charge in [-0.25, -0.2) is 4.39 Å². The van der Waals surface area contributed by atoms with E-state index in [0.29, 0.717) is 15.2 Å². The Morgan fingerprint density at radius 2 is 1.84 bits per heavy atom. The van der Waals surface area contributed by atoms with Gasteiger partial charge in [0.05, 0.1) is 14.5 Å². The van der Waals surface area contributed by atoms with Crippen molar-refractivity contribution >= 4 is 43.5 Å². The molecule has 0 N–H and O–H groups in total. The minimum absolute atomic E-state index is 0.0221. The molecule has 0 atom stereocenters. The Bertz CT molecular complexity index is 685. The Morgan fingerprint density at radius 1 is 1.16 bits per heavy atom. The highest BCUT2D eigenvalue weighted by Crippen LogP contribution is 2.35. The summed E-state index contributed by atoms with van der Waals surface area (Å²) in [6, 6.07) is 9.66. The van der Waals surface area contributed by atoms with E-state index in [-0.39, 0.29) is 15.8 Å². The fourth-order valence-electron chi connectivity index (χ4n) is 1.37. The zero-order chi connectivity index (χ0) is 14.0. The van der Waals surface area contributed by atoms with Crippen molar-refractivity contribution in [3.8, 4) is 17.6 Å². The van der Waals surface area contributed by atoms with E-state index in [0.717, 1.165) is 0 Å². The maximum absolute atomic E-state index is 14.0. The van der Waals surface area contributed by atoms with Crippen molar-refractivity contribution in [2.24, 2.45) is 0 Å². The Hall–Kier alpha value is -1.09. The lowest BCUT2D eigenvalue weighted by Crippen LogP contribution is -1.92. The van der Waals surface area contributed by atoms with Crippen LogP contribution in [0.5, 0.6) is 11.5 Å². The molecule has 0 saturated carbocycles. The third kappa shape index (κ3) is 3.08. The highest BCUT2D eigenvalue weighted by molar-refractivity contribution is 9.10. The summed E-state index contributed by atoms with van der Waals surface area (Å²) >= 11 is 12.1. The topological polar surface area (TPSA) is 33.0 Å². The lowest BCUT2D eigenvalue weighted by molar-refractivity contribution is 0.438. The molecule has 96 valence electrons. The molecule has 0 heterocycles. The van der Waals surface area contributed by atoms with Gasteiger partial charge in [0.2, 0.25) is 0 Å². The fraction of sp³-hybridized carbons (Fsp3) is 0. The third-order valence-electron chi connectivity index (χ3n) is 2.28. The molecule has 0 bridgehead atoms. The molecule has 0 amide bonds. The first kappa shape index (κ1) is 14.3. The Balaban J connectivity index is 2.39. The Morgan fingerprint density at radius 3 is 2.47 bits per heavy atom. The number of nitriles is 1. The van der Waals surface area contributed by atoms with Crippen LogP contribution < -0.4 is 4.74 Å². The molecule has 6 heteroatoms. The van der Waals surface area contributed by atoms with Gasteiger partial charge < -0.3 is 4.74 Å². The monoisotopic (exact) mass is 403 g/mol. The molecule has 0 unspecified atom stereocenters. The molecule has 2 rings (SSSR count). The molecule has 0 aliphatic heterocycles. The number of hydrogen-bond donors (Lipinski definition) is 0. The second-order valence-corrected chi connectivity index (χ2v) is 5.61. The first-order chi connectivity index (χ1) is 9.02. The third-order valence-corrected chi connectivity index (χ3v) is 3.91. The molecular formula is C13H5Br2ClFNO. The summed E-state index contributed by atoms with van der Waals surface area (Å²) in [6.07, 6.45) is 0. The van der Waals surface area contributed by atoms with Crippen molar-refractivity contribution in [3.05, 3.63) is 55.7 Å². The summed E-state index contributed by atoms with van der Waals surface area (Å²) in [6.45, 7) is 0. The second kappa shape index (κ2) is 5.91. The second-order valence-electron chi connectivity index (χ2n) is 3.53. The van der Waals surface area contributed by atoms with Crippen molar-refractivity contribution in [3.63, 3.8) is 0 Å². The quantitative estimate of drug-likeness (QED) is 0.645. The van der Waals surface area contributed by atoms with E-state index in [9.17, 15) is 4.39 Å². The van der Waals surface area contributed by atoms with Crippen LogP contribution in [0.4, 0.5) is 4.39 Å². The zero-order valence-electron chi connectivity index (χ0n) is 9.25. The summed E-state index contributed by atoms with van der Waals surface area (Å²) in [7, 11) is 0. The molecule has 19 heavy (non-hydrogen) atoms. The number of ether oxygens (including phenoxy) is 1. The van der Waals surface area contributed by atoms with Crippen LogP contribution in [0.3, 0.4) is 0 Å². The summed E-state index contributed by atoms with van der Waals surface area (Å²) < 4.78 is 20.1. The molecule has 0 aliphatic rings. The Kier molecular flexibility index (Phi) is 4.46. The van der Waals surface area contributed by atoms with E-state index < -0.39 is 5.82 Å². The van der Waals surface area contributed by atoms with Crippen LogP contribution in [0, 0.1) is 17.1 Å². The van der Waals surface area contributed by atoms with Crippen molar-refractivity contribution < 1.29 is 9.13 Å². The maximum Gasteiger partial charge on any atom is 0.181 e. The minimum atomic E-state index is -0.624. The smallest absolute Gasteiger partial charge is 0.181 e. The molecule has 2 nitrogen and oxygen atoms in total. The van der Waals surface area contributed by atoms with E-state index in [4.69, 9.17) is 21.6 Å². The standard InChI is InChI=1S/C13H5Br2ClFNO/c14-9-5-8(16)2-4-10(9)19-11-3-1-7(6-18)12(15)13(11)17/h1-5H. The lowest BCUT2D eigenvalue weighted by Gasteiger charge is -2.10. The largest absolute Gasteiger partial charge is 0.453 e. The predicted octanol–water partition coefficient (Wildman–Crippen LogP) is 5.67. The van der Waals surface area contributed by atoms with Gasteiger partial charge in [-0.3, -0.25) is 0 Å². The molecule has 2 aromatic carbocycles. The van der Waals surface area contributed by atoms with Crippen molar-refractivity contribution in [2.45, 2.75) is 0 Å².